The highest BCUT2D eigenvalue weighted by Gasteiger charge is 2.45. The molecule has 1 aromatic carbocycles. The van der Waals surface area contributed by atoms with Gasteiger partial charge in [-0.3, -0.25) is 10.1 Å². The number of nitrogens with zero attached hydrogens (tertiary/aromatic N) is 1. The van der Waals surface area contributed by atoms with Crippen molar-refractivity contribution < 1.29 is 49.4 Å². The van der Waals surface area contributed by atoms with Gasteiger partial charge in [-0.2, -0.15) is 0 Å². The Morgan fingerprint density at radius 3 is 2.29 bits per heavy atom. The molecule has 1 aromatic rings. The molecule has 0 aliphatic carbocycles. The van der Waals surface area contributed by atoms with Crippen molar-refractivity contribution in [3.05, 3.63) is 34.4 Å². The number of aliphatic hydroxyl groups excluding tert-OH is 5. The molecule has 0 radical (unpaired) electrons. The summed E-state index contributed by atoms with van der Waals surface area (Å²) in [5, 5.41) is 60.5. The molecule has 0 spiro atoms. The van der Waals surface area contributed by atoms with Gasteiger partial charge in [0, 0.05) is 6.07 Å². The average molecular weight is 403 g/mol. The van der Waals surface area contributed by atoms with E-state index in [1.165, 1.54) is 24.3 Å². The van der Waals surface area contributed by atoms with Crippen LogP contribution in [0.15, 0.2) is 24.3 Å². The van der Waals surface area contributed by atoms with Gasteiger partial charge in [-0.1, -0.05) is 12.1 Å². The standard InChI is InChI=1S/C16H21NO11/c18-8-5-25-15(13(21)11(8)19)28-10-6-26-16(14(22)12(10)20)27-9-4-2-1-3-7(9)17(23)24/h1-4,8,10-16,18-22H,5-6H2/t8-,10+,11-,12-,13+,14+,15-,16-/m0/s1. The highest BCUT2D eigenvalue weighted by Crippen LogP contribution is 2.30. The van der Waals surface area contributed by atoms with Crippen LogP contribution in [-0.4, -0.2) is 92.9 Å². The first-order chi connectivity index (χ1) is 13.3. The van der Waals surface area contributed by atoms with Crippen LogP contribution in [0.25, 0.3) is 0 Å². The molecule has 12 heteroatoms. The molecule has 2 saturated heterocycles. The SMILES string of the molecule is O=[N+]([O-])c1ccccc1O[C@@H]1OC[C@@H](O[C@@H]2OC[C@H](O)[C@H](O)[C@H]2O)[C@H](O)[C@H]1O. The summed E-state index contributed by atoms with van der Waals surface area (Å²) in [6.45, 7) is -0.590. The van der Waals surface area contributed by atoms with Crippen LogP contribution in [0.3, 0.4) is 0 Å². The maximum Gasteiger partial charge on any atom is 0.311 e. The molecule has 156 valence electrons. The fourth-order valence-corrected chi connectivity index (χ4v) is 2.90. The number of rotatable bonds is 5. The Balaban J connectivity index is 1.62. The van der Waals surface area contributed by atoms with E-state index < -0.39 is 54.1 Å². The van der Waals surface area contributed by atoms with E-state index in [2.05, 4.69) is 0 Å². The Morgan fingerprint density at radius 1 is 0.929 bits per heavy atom. The van der Waals surface area contributed by atoms with Gasteiger partial charge in [0.1, 0.15) is 36.6 Å². The summed E-state index contributed by atoms with van der Waals surface area (Å²) in [4.78, 5) is 10.4. The van der Waals surface area contributed by atoms with Crippen LogP contribution in [0, 0.1) is 10.1 Å². The lowest BCUT2D eigenvalue weighted by molar-refractivity contribution is -0.387. The van der Waals surface area contributed by atoms with Gasteiger partial charge in [-0.25, -0.2) is 0 Å². The van der Waals surface area contributed by atoms with Gasteiger partial charge in [-0.15, -0.1) is 0 Å². The Kier molecular flexibility index (Phi) is 6.42. The lowest BCUT2D eigenvalue weighted by Crippen LogP contribution is -2.60. The summed E-state index contributed by atoms with van der Waals surface area (Å²) in [6.07, 6.45) is -11.4. The Hall–Kier alpha value is -1.90. The van der Waals surface area contributed by atoms with E-state index >= 15 is 0 Å². The number of aliphatic hydroxyl groups is 5. The molecule has 2 aliphatic heterocycles. The molecule has 0 saturated carbocycles. The fourth-order valence-electron chi connectivity index (χ4n) is 2.90. The predicted molar refractivity (Wildman–Crippen MR) is 88.1 cm³/mol. The zero-order valence-electron chi connectivity index (χ0n) is 14.5. The Bertz CT molecular complexity index is 688. The van der Waals surface area contributed by atoms with Crippen LogP contribution in [0.4, 0.5) is 5.69 Å². The van der Waals surface area contributed by atoms with Crippen molar-refractivity contribution in [3.63, 3.8) is 0 Å². The highest BCUT2D eigenvalue weighted by molar-refractivity contribution is 5.45. The third kappa shape index (κ3) is 4.24. The van der Waals surface area contributed by atoms with Crippen LogP contribution in [0.1, 0.15) is 0 Å². The molecular weight excluding hydrogens is 382 g/mol. The first kappa shape index (κ1) is 20.8. The molecule has 0 unspecified atom stereocenters. The Labute approximate surface area is 158 Å². The summed E-state index contributed by atoms with van der Waals surface area (Å²) in [7, 11) is 0. The zero-order valence-corrected chi connectivity index (χ0v) is 14.5. The summed E-state index contributed by atoms with van der Waals surface area (Å²) in [6, 6.07) is 5.49. The summed E-state index contributed by atoms with van der Waals surface area (Å²) in [5.74, 6) is -0.147. The van der Waals surface area contributed by atoms with E-state index in [9.17, 15) is 35.6 Å². The van der Waals surface area contributed by atoms with Crippen molar-refractivity contribution in [2.45, 2.75) is 49.2 Å². The molecule has 0 bridgehead atoms. The summed E-state index contributed by atoms with van der Waals surface area (Å²) in [5.41, 5.74) is -0.336. The lowest BCUT2D eigenvalue weighted by atomic mass is 10.0. The first-order valence-electron chi connectivity index (χ1n) is 8.48. The van der Waals surface area contributed by atoms with Crippen LogP contribution in [0.2, 0.25) is 0 Å². The van der Waals surface area contributed by atoms with E-state index in [1.807, 2.05) is 0 Å². The van der Waals surface area contributed by atoms with Crippen molar-refractivity contribution in [2.75, 3.05) is 13.2 Å². The van der Waals surface area contributed by atoms with Crippen molar-refractivity contribution in [1.82, 2.24) is 0 Å². The second kappa shape index (κ2) is 8.63. The quantitative estimate of drug-likeness (QED) is 0.268. The van der Waals surface area contributed by atoms with Gasteiger partial charge in [0.25, 0.3) is 0 Å². The second-order valence-corrected chi connectivity index (χ2v) is 6.45. The molecule has 28 heavy (non-hydrogen) atoms. The number of hydrogen-bond donors (Lipinski definition) is 5. The third-order valence-corrected chi connectivity index (χ3v) is 4.50. The Morgan fingerprint density at radius 2 is 1.57 bits per heavy atom. The van der Waals surface area contributed by atoms with Crippen molar-refractivity contribution in [3.8, 4) is 5.75 Å². The minimum absolute atomic E-state index is 0.147. The zero-order chi connectivity index (χ0) is 20.4. The normalized spacial score (nSPS) is 38.8. The van der Waals surface area contributed by atoms with Crippen molar-refractivity contribution in [1.29, 1.82) is 0 Å². The number of nitro groups is 1. The largest absolute Gasteiger partial charge is 0.455 e. The monoisotopic (exact) mass is 403 g/mol. The van der Waals surface area contributed by atoms with Gasteiger partial charge >= 0.3 is 5.69 Å². The number of hydrogen-bond acceptors (Lipinski definition) is 11. The molecule has 3 rings (SSSR count). The molecule has 2 aliphatic rings. The molecule has 8 atom stereocenters. The van der Waals surface area contributed by atoms with E-state index in [0.29, 0.717) is 0 Å². The highest BCUT2D eigenvalue weighted by atomic mass is 16.7. The van der Waals surface area contributed by atoms with Crippen LogP contribution in [0.5, 0.6) is 5.75 Å². The smallest absolute Gasteiger partial charge is 0.311 e. The van der Waals surface area contributed by atoms with Crippen molar-refractivity contribution >= 4 is 5.69 Å². The number of ether oxygens (including phenoxy) is 4. The summed E-state index contributed by atoms with van der Waals surface area (Å²) < 4.78 is 21.1. The van der Waals surface area contributed by atoms with Gasteiger partial charge in [0.2, 0.25) is 6.29 Å². The molecular formula is C16H21NO11. The number of nitro benzene ring substituents is 1. The van der Waals surface area contributed by atoms with Crippen LogP contribution >= 0.6 is 0 Å². The molecule has 2 heterocycles. The van der Waals surface area contributed by atoms with Crippen LogP contribution in [-0.2, 0) is 14.2 Å². The predicted octanol–water partition coefficient (Wildman–Crippen LogP) is -2.12. The maximum absolute atomic E-state index is 11.0. The fraction of sp³-hybridized carbons (Fsp3) is 0.625. The molecule has 0 amide bonds. The number of benzene rings is 1. The average Bonchev–Trinajstić information content (AvgIpc) is 2.68. The van der Waals surface area contributed by atoms with E-state index in [4.69, 9.17) is 18.9 Å². The lowest BCUT2D eigenvalue weighted by Gasteiger charge is -2.41. The van der Waals surface area contributed by atoms with Gasteiger partial charge in [0.15, 0.2) is 12.0 Å². The second-order valence-electron chi connectivity index (χ2n) is 6.45. The van der Waals surface area contributed by atoms with Gasteiger partial charge in [-0.05, 0) is 6.07 Å². The minimum atomic E-state index is -1.63. The first-order valence-corrected chi connectivity index (χ1v) is 8.48. The van der Waals surface area contributed by atoms with Gasteiger partial charge < -0.3 is 44.5 Å². The third-order valence-electron chi connectivity index (χ3n) is 4.50. The topological polar surface area (TPSA) is 181 Å². The molecule has 0 aromatic heterocycles. The van der Waals surface area contributed by atoms with E-state index in [0.717, 1.165) is 0 Å². The van der Waals surface area contributed by atoms with Crippen molar-refractivity contribution in [2.24, 2.45) is 0 Å². The number of para-hydroxylation sites is 2. The van der Waals surface area contributed by atoms with Gasteiger partial charge in [0.05, 0.1) is 18.1 Å². The summed E-state index contributed by atoms with van der Waals surface area (Å²) >= 11 is 0. The van der Waals surface area contributed by atoms with E-state index in [-0.39, 0.29) is 24.7 Å². The maximum atomic E-state index is 11.0. The van der Waals surface area contributed by atoms with Crippen LogP contribution < -0.4 is 4.74 Å². The molecule has 5 N–H and O–H groups in total. The van der Waals surface area contributed by atoms with E-state index in [1.54, 1.807) is 0 Å². The molecule has 12 nitrogen and oxygen atoms in total. The minimum Gasteiger partial charge on any atom is -0.455 e. The molecule has 2 fully saturated rings.